The molecule has 2 atom stereocenters. The van der Waals surface area contributed by atoms with Gasteiger partial charge < -0.3 is 10.3 Å². The lowest BCUT2D eigenvalue weighted by Crippen LogP contribution is -2.54. The summed E-state index contributed by atoms with van der Waals surface area (Å²) in [5.41, 5.74) is 3.10. The number of aromatic nitrogens is 3. The Labute approximate surface area is 199 Å². The van der Waals surface area contributed by atoms with Crippen molar-refractivity contribution in [1.82, 2.24) is 30.3 Å². The van der Waals surface area contributed by atoms with Crippen LogP contribution in [0.5, 0.6) is 0 Å². The van der Waals surface area contributed by atoms with Crippen molar-refractivity contribution in [1.29, 1.82) is 0 Å². The van der Waals surface area contributed by atoms with Crippen LogP contribution in [0.15, 0.2) is 41.9 Å². The summed E-state index contributed by atoms with van der Waals surface area (Å²) in [4.78, 5) is 32.9. The van der Waals surface area contributed by atoms with Gasteiger partial charge in [0.25, 0.3) is 11.8 Å². The molecule has 172 valence electrons. The SMILES string of the molecule is O=C1NC(=O)C(c2nn(C3CCN4CCNCC4C3)c3ccccc23)=C1c1c[nH]c2sccc12. The summed E-state index contributed by atoms with van der Waals surface area (Å²) in [5, 5.41) is 14.9. The second-order valence-corrected chi connectivity index (χ2v) is 10.2. The van der Waals surface area contributed by atoms with Crippen LogP contribution in [-0.2, 0) is 9.59 Å². The van der Waals surface area contributed by atoms with Gasteiger partial charge in [-0.05, 0) is 30.4 Å². The van der Waals surface area contributed by atoms with Crippen LogP contribution in [0.3, 0.4) is 0 Å². The normalized spacial score (nSPS) is 23.8. The Kier molecular flexibility index (Phi) is 4.52. The van der Waals surface area contributed by atoms with Crippen molar-refractivity contribution in [2.24, 2.45) is 0 Å². The van der Waals surface area contributed by atoms with E-state index < -0.39 is 0 Å². The van der Waals surface area contributed by atoms with Crippen molar-refractivity contribution in [3.8, 4) is 0 Å². The Bertz CT molecular complexity index is 1490. The number of carbonyl (C=O) groups is 2. The molecule has 0 spiro atoms. The molecule has 7 rings (SSSR count). The van der Waals surface area contributed by atoms with Gasteiger partial charge in [-0.3, -0.25) is 24.5 Å². The van der Waals surface area contributed by atoms with Crippen molar-refractivity contribution >= 4 is 55.4 Å². The van der Waals surface area contributed by atoms with Gasteiger partial charge in [0.2, 0.25) is 0 Å². The van der Waals surface area contributed by atoms with E-state index in [1.54, 1.807) is 11.3 Å². The van der Waals surface area contributed by atoms with E-state index in [2.05, 4.69) is 31.3 Å². The molecule has 3 aromatic heterocycles. The fraction of sp³-hybridized carbons (Fsp3) is 0.320. The number of para-hydroxylation sites is 1. The highest BCUT2D eigenvalue weighted by Crippen LogP contribution is 2.39. The maximum absolute atomic E-state index is 13.1. The van der Waals surface area contributed by atoms with Crippen molar-refractivity contribution in [2.45, 2.75) is 24.9 Å². The third-order valence-electron chi connectivity index (χ3n) is 7.47. The average Bonchev–Trinajstić information content (AvgIpc) is 3.61. The first-order valence-corrected chi connectivity index (χ1v) is 12.6. The first kappa shape index (κ1) is 20.1. The summed E-state index contributed by atoms with van der Waals surface area (Å²) >= 11 is 1.58. The number of benzene rings is 1. The summed E-state index contributed by atoms with van der Waals surface area (Å²) < 4.78 is 2.11. The lowest BCUT2D eigenvalue weighted by atomic mass is 9.95. The number of H-pyrrole nitrogens is 1. The number of piperazine rings is 1. The van der Waals surface area contributed by atoms with Gasteiger partial charge in [-0.15, -0.1) is 11.3 Å². The van der Waals surface area contributed by atoms with Crippen LogP contribution in [0.1, 0.15) is 30.1 Å². The van der Waals surface area contributed by atoms with E-state index in [1.165, 1.54) is 0 Å². The minimum absolute atomic E-state index is 0.250. The van der Waals surface area contributed by atoms with E-state index in [1.807, 2.05) is 35.8 Å². The second-order valence-electron chi connectivity index (χ2n) is 9.28. The molecule has 0 radical (unpaired) electrons. The summed E-state index contributed by atoms with van der Waals surface area (Å²) in [6.45, 7) is 4.19. The number of nitrogens with one attached hydrogen (secondary N) is 3. The molecule has 8 nitrogen and oxygen atoms in total. The number of rotatable bonds is 3. The number of amides is 2. The molecule has 4 aromatic rings. The number of nitrogens with zero attached hydrogens (tertiary/aromatic N) is 3. The van der Waals surface area contributed by atoms with E-state index in [9.17, 15) is 9.59 Å². The van der Waals surface area contributed by atoms with Crippen molar-refractivity contribution < 1.29 is 9.59 Å². The fourth-order valence-corrected chi connectivity index (χ4v) is 6.62. The molecule has 3 aliphatic rings. The molecule has 0 aliphatic carbocycles. The largest absolute Gasteiger partial charge is 0.352 e. The summed E-state index contributed by atoms with van der Waals surface area (Å²) in [5.74, 6) is -0.751. The highest BCUT2D eigenvalue weighted by atomic mass is 32.1. The average molecular weight is 473 g/mol. The molecule has 2 unspecified atom stereocenters. The van der Waals surface area contributed by atoms with Crippen LogP contribution in [0, 0.1) is 0 Å². The zero-order valence-corrected chi connectivity index (χ0v) is 19.3. The Morgan fingerprint density at radius 1 is 1.00 bits per heavy atom. The van der Waals surface area contributed by atoms with Crippen LogP contribution < -0.4 is 10.6 Å². The molecule has 2 amide bonds. The van der Waals surface area contributed by atoms with Gasteiger partial charge in [0, 0.05) is 54.8 Å². The number of hydrogen-bond acceptors (Lipinski definition) is 6. The Balaban J connectivity index is 1.39. The van der Waals surface area contributed by atoms with Crippen LogP contribution in [0.25, 0.3) is 32.3 Å². The highest BCUT2D eigenvalue weighted by Gasteiger charge is 2.37. The molecule has 9 heteroatoms. The van der Waals surface area contributed by atoms with Gasteiger partial charge >= 0.3 is 0 Å². The maximum atomic E-state index is 13.1. The van der Waals surface area contributed by atoms with Crippen molar-refractivity contribution in [2.75, 3.05) is 26.2 Å². The molecule has 1 aromatic carbocycles. The first-order chi connectivity index (χ1) is 16.7. The number of fused-ring (bicyclic) bond motifs is 3. The number of imide groups is 1. The summed E-state index contributed by atoms with van der Waals surface area (Å²) in [6, 6.07) is 10.8. The van der Waals surface area contributed by atoms with Gasteiger partial charge in [0.05, 0.1) is 22.7 Å². The minimum Gasteiger partial charge on any atom is -0.352 e. The quantitative estimate of drug-likeness (QED) is 0.399. The fourth-order valence-electron chi connectivity index (χ4n) is 5.84. The van der Waals surface area contributed by atoms with Gasteiger partial charge in [0.15, 0.2) is 0 Å². The molecular weight excluding hydrogens is 448 g/mol. The smallest absolute Gasteiger partial charge is 0.261 e. The summed E-state index contributed by atoms with van der Waals surface area (Å²) in [6.07, 6.45) is 3.86. The zero-order valence-electron chi connectivity index (χ0n) is 18.5. The predicted octanol–water partition coefficient (Wildman–Crippen LogP) is 2.76. The molecule has 34 heavy (non-hydrogen) atoms. The lowest BCUT2D eigenvalue weighted by molar-refractivity contribution is -0.122. The molecule has 2 saturated heterocycles. The van der Waals surface area contributed by atoms with E-state index in [0.717, 1.165) is 65.7 Å². The second kappa shape index (κ2) is 7.63. The zero-order chi connectivity index (χ0) is 22.8. The molecule has 3 aliphatic heterocycles. The van der Waals surface area contributed by atoms with Gasteiger partial charge in [0.1, 0.15) is 10.5 Å². The van der Waals surface area contributed by atoms with E-state index in [-0.39, 0.29) is 17.9 Å². The Hall–Kier alpha value is -3.27. The van der Waals surface area contributed by atoms with Gasteiger partial charge in [-0.25, -0.2) is 0 Å². The van der Waals surface area contributed by atoms with Crippen LogP contribution in [0.2, 0.25) is 0 Å². The number of hydrogen-bond donors (Lipinski definition) is 3. The maximum Gasteiger partial charge on any atom is 0.261 e. The monoisotopic (exact) mass is 472 g/mol. The molecule has 0 saturated carbocycles. The van der Waals surface area contributed by atoms with Crippen LogP contribution in [0.4, 0.5) is 0 Å². The molecule has 0 bridgehead atoms. The van der Waals surface area contributed by atoms with Crippen LogP contribution >= 0.6 is 11.3 Å². The Morgan fingerprint density at radius 3 is 2.82 bits per heavy atom. The molecule has 6 heterocycles. The van der Waals surface area contributed by atoms with Gasteiger partial charge in [-0.2, -0.15) is 5.10 Å². The molecule has 2 fully saturated rings. The van der Waals surface area contributed by atoms with E-state index in [4.69, 9.17) is 5.10 Å². The van der Waals surface area contributed by atoms with Crippen molar-refractivity contribution in [3.63, 3.8) is 0 Å². The van der Waals surface area contributed by atoms with Crippen molar-refractivity contribution in [3.05, 3.63) is 53.2 Å². The first-order valence-electron chi connectivity index (χ1n) is 11.8. The lowest BCUT2D eigenvalue weighted by Gasteiger charge is -2.42. The van der Waals surface area contributed by atoms with Crippen LogP contribution in [-0.4, -0.2) is 63.7 Å². The molecular formula is C25H24N6O2S. The number of thiophene rings is 1. The standard InChI is InChI=1S/C25H24N6O2S/c32-23-20(18-13-27-25-16(18)6-10-34-25)21(24(33)28-23)22-17-3-1-2-4-19(17)31(29-22)14-5-8-30-9-7-26-12-15(30)11-14/h1-4,6,10,13-15,26-27H,5,7-9,11-12H2,(H,28,32,33). The highest BCUT2D eigenvalue weighted by molar-refractivity contribution is 7.16. The number of carbonyl (C=O) groups excluding carboxylic acids is 2. The summed E-state index contributed by atoms with van der Waals surface area (Å²) in [7, 11) is 0. The topological polar surface area (TPSA) is 95.1 Å². The Morgan fingerprint density at radius 2 is 1.88 bits per heavy atom. The number of piperidine rings is 1. The van der Waals surface area contributed by atoms with Gasteiger partial charge in [-0.1, -0.05) is 18.2 Å². The third kappa shape index (κ3) is 2.94. The number of aromatic amines is 1. The van der Waals surface area contributed by atoms with E-state index >= 15 is 0 Å². The predicted molar refractivity (Wildman–Crippen MR) is 132 cm³/mol. The molecule has 3 N–H and O–H groups in total. The van der Waals surface area contributed by atoms with E-state index in [0.29, 0.717) is 22.9 Å². The minimum atomic E-state index is -0.383. The third-order valence-corrected chi connectivity index (χ3v) is 8.31.